The van der Waals surface area contributed by atoms with E-state index in [9.17, 15) is 13.2 Å². The van der Waals surface area contributed by atoms with Crippen LogP contribution >= 0.6 is 40.5 Å². The molecule has 0 saturated heterocycles. The summed E-state index contributed by atoms with van der Waals surface area (Å²) in [5, 5.41) is 17.6. The van der Waals surface area contributed by atoms with Gasteiger partial charge in [-0.1, -0.05) is 25.6 Å². The molecule has 1 aromatic rings. The minimum atomic E-state index is -3.37. The third-order valence-electron chi connectivity index (χ3n) is 5.65. The van der Waals surface area contributed by atoms with Gasteiger partial charge in [0.1, 0.15) is 6.10 Å². The van der Waals surface area contributed by atoms with E-state index in [4.69, 9.17) is 19.1 Å². The molecule has 0 radical (unpaired) electrons. The molecule has 0 spiro atoms. The van der Waals surface area contributed by atoms with Gasteiger partial charge < -0.3 is 14.9 Å². The van der Waals surface area contributed by atoms with E-state index in [0.29, 0.717) is 23.8 Å². The third kappa shape index (κ3) is 15.5. The monoisotopic (exact) mass is 560 g/mol. The Morgan fingerprint density at radius 2 is 1.56 bits per heavy atom. The molecular weight excluding hydrogens is 517 g/mol. The van der Waals surface area contributed by atoms with E-state index in [2.05, 4.69) is 0 Å². The summed E-state index contributed by atoms with van der Waals surface area (Å²) in [4.78, 5) is 11.9. The highest BCUT2D eigenvalue weighted by Crippen LogP contribution is 2.31. The predicted molar refractivity (Wildman–Crippen MR) is 151 cm³/mol. The summed E-state index contributed by atoms with van der Waals surface area (Å²) >= 11 is 0. The minimum Gasteiger partial charge on any atom is -0.459 e. The van der Waals surface area contributed by atoms with Crippen molar-refractivity contribution in [1.29, 1.82) is 0 Å². The fourth-order valence-corrected chi connectivity index (χ4v) is 4.45. The molecule has 2 saturated carbocycles. The molecule has 0 heterocycles. The van der Waals surface area contributed by atoms with Crippen LogP contribution in [0.5, 0.6) is 0 Å². The summed E-state index contributed by atoms with van der Waals surface area (Å²) in [6.07, 6.45) is 7.89. The molecule has 11 heteroatoms. The number of ether oxygens (including phenoxy) is 1. The quantitative estimate of drug-likeness (QED) is 0.367. The Hall–Kier alpha value is -0.430. The lowest BCUT2D eigenvalue weighted by molar-refractivity contribution is 0.0307. The Kier molecular flexibility index (Phi) is 22.1. The molecule has 2 aliphatic carbocycles. The van der Waals surface area contributed by atoms with Gasteiger partial charge in [-0.3, -0.25) is 4.18 Å². The number of carbonyl (C=O) groups excluding carboxylic acids is 1. The summed E-state index contributed by atoms with van der Waals surface area (Å²) < 4.78 is 32.0. The van der Waals surface area contributed by atoms with Crippen molar-refractivity contribution in [2.24, 2.45) is 11.8 Å². The van der Waals surface area contributed by atoms with E-state index < -0.39 is 10.1 Å². The molecule has 0 aromatic heterocycles. The Bertz CT molecular complexity index is 745. The molecule has 3 rings (SSSR count). The first kappa shape index (κ1) is 38.1. The van der Waals surface area contributed by atoms with Crippen LogP contribution in [0.2, 0.25) is 0 Å². The van der Waals surface area contributed by atoms with Gasteiger partial charge in [0.25, 0.3) is 10.1 Å². The van der Waals surface area contributed by atoms with Crippen LogP contribution in [-0.2, 0) is 19.0 Å². The number of esters is 1. The maximum absolute atomic E-state index is 11.9. The summed E-state index contributed by atoms with van der Waals surface area (Å²) in [5.41, 5.74) is 0.557. The minimum absolute atomic E-state index is 0. The second-order valence-corrected chi connectivity index (χ2v) is 9.88. The van der Waals surface area contributed by atoms with Gasteiger partial charge in [-0.2, -0.15) is 48.9 Å². The number of rotatable bonds is 8. The topological polar surface area (TPSA) is 110 Å². The smallest absolute Gasteiger partial charge is 0.338 e. The van der Waals surface area contributed by atoms with E-state index in [1.54, 1.807) is 24.3 Å². The highest BCUT2D eigenvalue weighted by molar-refractivity contribution is 7.85. The Morgan fingerprint density at radius 3 is 2.09 bits per heavy atom. The fourth-order valence-electron chi connectivity index (χ4n) is 4.05. The lowest BCUT2D eigenvalue weighted by atomic mass is 10.1. The van der Waals surface area contributed by atoms with Crippen LogP contribution in [0.3, 0.4) is 0 Å². The van der Waals surface area contributed by atoms with Crippen LogP contribution < -0.4 is 0 Å². The fraction of sp³-hybridized carbons (Fsp3) is 0.696. The zero-order valence-electron chi connectivity index (χ0n) is 19.1. The van der Waals surface area contributed by atoms with Crippen molar-refractivity contribution in [3.05, 3.63) is 35.9 Å². The number of benzene rings is 1. The lowest BCUT2D eigenvalue weighted by Crippen LogP contribution is -2.15. The number of carbonyl (C=O) groups is 1. The average Bonchev–Trinajstić information content (AvgIpc) is 3.31. The standard InChI is InChI=1S/C15H20O5S.C7H14O2.CH4.3H2S/c1-21(17,18)19-10-9-12-7-8-14(11-12)20-15(16)13-5-3-2-4-6-13;8-4-3-6-1-2-7(9)5-6;;;;/h2-6,12,14H,7-11H2,1H3;6-9H,1-5H2;1H4;3*1H2/t12-,14+;6-,7-;;;;/m00..../s1. The SMILES string of the molecule is C.CS(=O)(=O)OCC[C@@H]1CC[C@@H](OC(=O)c2ccccc2)C1.OCC[C@@H]1CC[C@H](O)C1.S.S.S. The molecule has 0 bridgehead atoms. The van der Waals surface area contributed by atoms with Crippen molar-refractivity contribution < 1.29 is 32.3 Å². The zero-order chi connectivity index (χ0) is 22.0. The maximum Gasteiger partial charge on any atom is 0.338 e. The molecular formula is C23H44O7S4. The molecule has 0 unspecified atom stereocenters. The molecule has 1 aromatic carbocycles. The molecule has 2 fully saturated rings. The van der Waals surface area contributed by atoms with E-state index >= 15 is 0 Å². The van der Waals surface area contributed by atoms with Crippen molar-refractivity contribution in [1.82, 2.24) is 0 Å². The van der Waals surface area contributed by atoms with Gasteiger partial charge in [0.15, 0.2) is 0 Å². The molecule has 2 N–H and O–H groups in total. The van der Waals surface area contributed by atoms with Crippen LogP contribution in [0.25, 0.3) is 0 Å². The third-order valence-corrected chi connectivity index (χ3v) is 6.25. The summed E-state index contributed by atoms with van der Waals surface area (Å²) in [6, 6.07) is 8.92. The van der Waals surface area contributed by atoms with Gasteiger partial charge in [-0.05, 0) is 75.3 Å². The summed E-state index contributed by atoms with van der Waals surface area (Å²) in [7, 11) is -3.37. The van der Waals surface area contributed by atoms with Crippen molar-refractivity contribution in [2.45, 2.75) is 71.0 Å². The lowest BCUT2D eigenvalue weighted by Gasteiger charge is -2.13. The Balaban J connectivity index is -0.000000636. The maximum atomic E-state index is 11.9. The predicted octanol–water partition coefficient (Wildman–Crippen LogP) is 3.88. The van der Waals surface area contributed by atoms with Crippen molar-refractivity contribution in [3.63, 3.8) is 0 Å². The summed E-state index contributed by atoms with van der Waals surface area (Å²) in [5.74, 6) is 0.638. The average molecular weight is 561 g/mol. The first-order valence-corrected chi connectivity index (χ1v) is 12.5. The van der Waals surface area contributed by atoms with Gasteiger partial charge in [-0.15, -0.1) is 0 Å². The normalized spacial score (nSPS) is 23.0. The second kappa shape index (κ2) is 19.7. The number of aliphatic hydroxyl groups excluding tert-OH is 2. The van der Waals surface area contributed by atoms with E-state index in [0.717, 1.165) is 51.2 Å². The Labute approximate surface area is 226 Å². The molecule has 7 nitrogen and oxygen atoms in total. The first-order valence-electron chi connectivity index (χ1n) is 10.7. The van der Waals surface area contributed by atoms with Gasteiger partial charge in [0.05, 0.1) is 24.5 Å². The van der Waals surface area contributed by atoms with Gasteiger partial charge >= 0.3 is 5.97 Å². The molecule has 34 heavy (non-hydrogen) atoms. The van der Waals surface area contributed by atoms with Gasteiger partial charge in [-0.25, -0.2) is 4.79 Å². The van der Waals surface area contributed by atoms with E-state index in [1.807, 2.05) is 6.07 Å². The van der Waals surface area contributed by atoms with Crippen molar-refractivity contribution in [2.75, 3.05) is 19.5 Å². The van der Waals surface area contributed by atoms with E-state index in [-0.39, 0.29) is 79.3 Å². The molecule has 4 atom stereocenters. The number of hydrogen-bond acceptors (Lipinski definition) is 7. The van der Waals surface area contributed by atoms with Crippen LogP contribution in [0.1, 0.15) is 69.2 Å². The second-order valence-electron chi connectivity index (χ2n) is 8.23. The van der Waals surface area contributed by atoms with Crippen LogP contribution in [0.4, 0.5) is 0 Å². The Morgan fingerprint density at radius 1 is 0.971 bits per heavy atom. The number of hydrogen-bond donors (Lipinski definition) is 2. The van der Waals surface area contributed by atoms with Crippen LogP contribution in [-0.4, -0.2) is 56.3 Å². The van der Waals surface area contributed by atoms with Gasteiger partial charge in [0.2, 0.25) is 0 Å². The van der Waals surface area contributed by atoms with Crippen molar-refractivity contribution >= 4 is 56.6 Å². The largest absolute Gasteiger partial charge is 0.459 e. The van der Waals surface area contributed by atoms with Crippen molar-refractivity contribution in [3.8, 4) is 0 Å². The van der Waals surface area contributed by atoms with Crippen LogP contribution in [0.15, 0.2) is 30.3 Å². The molecule has 2 aliphatic rings. The first-order chi connectivity index (χ1) is 14.3. The van der Waals surface area contributed by atoms with Gasteiger partial charge in [0, 0.05) is 6.61 Å². The highest BCUT2D eigenvalue weighted by Gasteiger charge is 2.28. The van der Waals surface area contributed by atoms with E-state index in [1.165, 1.54) is 0 Å². The zero-order valence-corrected chi connectivity index (χ0v) is 22.9. The molecule has 0 aliphatic heterocycles. The highest BCUT2D eigenvalue weighted by atomic mass is 32.2. The number of aliphatic hydroxyl groups is 2. The van der Waals surface area contributed by atoms with Crippen LogP contribution in [0, 0.1) is 11.8 Å². The molecule has 202 valence electrons. The molecule has 0 amide bonds. The summed E-state index contributed by atoms with van der Waals surface area (Å²) in [6.45, 7) is 0.472.